The predicted octanol–water partition coefficient (Wildman–Crippen LogP) is 4.52. The molecule has 0 aliphatic carbocycles. The van der Waals surface area contributed by atoms with Crippen LogP contribution in [0, 0.1) is 17.2 Å². The summed E-state index contributed by atoms with van der Waals surface area (Å²) in [7, 11) is 1.94. The van der Waals surface area contributed by atoms with E-state index in [0.29, 0.717) is 10.0 Å². The van der Waals surface area contributed by atoms with E-state index >= 15 is 0 Å². The molecule has 0 aromatic heterocycles. The molecule has 0 radical (unpaired) electrons. The molecule has 0 saturated carbocycles. The Labute approximate surface area is 152 Å². The van der Waals surface area contributed by atoms with Gasteiger partial charge in [-0.25, -0.2) is 0 Å². The van der Waals surface area contributed by atoms with E-state index in [4.69, 9.17) is 23.2 Å². The average Bonchev–Trinajstić information content (AvgIpc) is 2.56. The molecule has 124 valence electrons. The van der Waals surface area contributed by atoms with Crippen molar-refractivity contribution in [3.8, 4) is 6.07 Å². The van der Waals surface area contributed by atoms with Gasteiger partial charge in [0.05, 0.1) is 12.0 Å². The van der Waals surface area contributed by atoms with Crippen LogP contribution < -0.4 is 5.32 Å². The van der Waals surface area contributed by atoms with E-state index in [9.17, 15) is 5.26 Å². The molecule has 1 atom stereocenters. The van der Waals surface area contributed by atoms with Crippen molar-refractivity contribution in [3.05, 3.63) is 44.3 Å². The van der Waals surface area contributed by atoms with E-state index in [1.54, 1.807) is 11.8 Å². The molecule has 3 nitrogen and oxygen atoms in total. The largest absolute Gasteiger partial charge is 0.311 e. The van der Waals surface area contributed by atoms with Crippen LogP contribution in [0.4, 0.5) is 0 Å². The molecule has 1 aliphatic heterocycles. The van der Waals surface area contributed by atoms with Crippen molar-refractivity contribution < 1.29 is 0 Å². The van der Waals surface area contributed by atoms with Crippen molar-refractivity contribution in [3.63, 3.8) is 0 Å². The molecule has 0 fully saturated rings. The van der Waals surface area contributed by atoms with Gasteiger partial charge in [-0.15, -0.1) is 11.8 Å². The van der Waals surface area contributed by atoms with Crippen molar-refractivity contribution in [2.24, 2.45) is 5.92 Å². The number of nitrogens with zero attached hydrogens (tertiary/aromatic N) is 2. The second kappa shape index (κ2) is 8.96. The first-order valence-electron chi connectivity index (χ1n) is 7.61. The van der Waals surface area contributed by atoms with Crippen LogP contribution >= 0.6 is 35.0 Å². The summed E-state index contributed by atoms with van der Waals surface area (Å²) in [6.45, 7) is 4.48. The number of halogens is 2. The number of benzene rings is 1. The molecule has 2 rings (SSSR count). The van der Waals surface area contributed by atoms with E-state index in [1.165, 1.54) is 10.5 Å². The zero-order valence-electron chi connectivity index (χ0n) is 13.4. The Balaban J connectivity index is 2.16. The van der Waals surface area contributed by atoms with Crippen molar-refractivity contribution in [2.45, 2.75) is 19.9 Å². The third-order valence-electron chi connectivity index (χ3n) is 3.97. The van der Waals surface area contributed by atoms with Crippen LogP contribution in [0.25, 0.3) is 0 Å². The molecular formula is C17H21Cl2N3S. The standard InChI is InChI=1S/C17H21Cl2N3S/c1-12(8-20)13-6-7-22(10-17(13)23-11-21-2)9-14-15(18)4-3-5-16(14)19/h3-5,12,21H,6-7,9-11H2,1-2H3. The summed E-state index contributed by atoms with van der Waals surface area (Å²) in [6.07, 6.45) is 0.919. The zero-order valence-corrected chi connectivity index (χ0v) is 15.7. The maximum atomic E-state index is 9.25. The van der Waals surface area contributed by atoms with Crippen LogP contribution in [-0.4, -0.2) is 30.9 Å². The lowest BCUT2D eigenvalue weighted by Crippen LogP contribution is -2.32. The topological polar surface area (TPSA) is 39.1 Å². The summed E-state index contributed by atoms with van der Waals surface area (Å²) >= 11 is 14.4. The summed E-state index contributed by atoms with van der Waals surface area (Å²) in [5.41, 5.74) is 2.25. The van der Waals surface area contributed by atoms with Gasteiger partial charge in [0.2, 0.25) is 0 Å². The highest BCUT2D eigenvalue weighted by Gasteiger charge is 2.23. The maximum absolute atomic E-state index is 9.25. The Kier molecular flexibility index (Phi) is 7.26. The monoisotopic (exact) mass is 369 g/mol. The van der Waals surface area contributed by atoms with Gasteiger partial charge in [-0.3, -0.25) is 4.90 Å². The highest BCUT2D eigenvalue weighted by atomic mass is 35.5. The van der Waals surface area contributed by atoms with Gasteiger partial charge in [-0.1, -0.05) is 29.3 Å². The smallest absolute Gasteiger partial charge is 0.0697 e. The van der Waals surface area contributed by atoms with Crippen LogP contribution in [0.2, 0.25) is 10.0 Å². The summed E-state index contributed by atoms with van der Waals surface area (Å²) in [6, 6.07) is 7.99. The third kappa shape index (κ3) is 4.89. The Morgan fingerprint density at radius 2 is 2.09 bits per heavy atom. The fourth-order valence-electron chi connectivity index (χ4n) is 2.68. The van der Waals surface area contributed by atoms with Gasteiger partial charge >= 0.3 is 0 Å². The summed E-state index contributed by atoms with van der Waals surface area (Å²) in [5.74, 6) is 0.818. The minimum Gasteiger partial charge on any atom is -0.311 e. The Hall–Kier alpha value is -0.700. The lowest BCUT2D eigenvalue weighted by Gasteiger charge is -2.32. The lowest BCUT2D eigenvalue weighted by molar-refractivity contribution is 0.280. The number of rotatable bonds is 6. The first-order valence-corrected chi connectivity index (χ1v) is 9.35. The minimum absolute atomic E-state index is 0.0274. The SMILES string of the molecule is CNCSC1=C(C(C)C#N)CCN(Cc2c(Cl)cccc2Cl)C1. The van der Waals surface area contributed by atoms with Crippen LogP contribution in [-0.2, 0) is 6.54 Å². The summed E-state index contributed by atoms with van der Waals surface area (Å²) in [4.78, 5) is 3.64. The number of nitriles is 1. The van der Waals surface area contributed by atoms with E-state index < -0.39 is 0 Å². The predicted molar refractivity (Wildman–Crippen MR) is 99.7 cm³/mol. The molecule has 1 unspecified atom stereocenters. The Morgan fingerprint density at radius 3 is 2.70 bits per heavy atom. The number of hydrogen-bond donors (Lipinski definition) is 1. The van der Waals surface area contributed by atoms with Crippen molar-refractivity contribution in [2.75, 3.05) is 26.0 Å². The van der Waals surface area contributed by atoms with Gasteiger partial charge in [0.15, 0.2) is 0 Å². The molecule has 23 heavy (non-hydrogen) atoms. The van der Waals surface area contributed by atoms with E-state index in [1.807, 2.05) is 32.2 Å². The zero-order chi connectivity index (χ0) is 16.8. The molecule has 0 saturated heterocycles. The molecule has 1 aliphatic rings. The molecule has 1 heterocycles. The second-order valence-electron chi connectivity index (χ2n) is 5.60. The first-order chi connectivity index (χ1) is 11.1. The average molecular weight is 370 g/mol. The van der Waals surface area contributed by atoms with Gasteiger partial charge in [0.1, 0.15) is 0 Å². The first kappa shape index (κ1) is 18.6. The van der Waals surface area contributed by atoms with Crippen LogP contribution in [0.5, 0.6) is 0 Å². The molecule has 1 aromatic carbocycles. The molecule has 0 spiro atoms. The quantitative estimate of drug-likeness (QED) is 0.747. The van der Waals surface area contributed by atoms with Gasteiger partial charge in [-0.05, 0) is 38.1 Å². The van der Waals surface area contributed by atoms with Crippen LogP contribution in [0.15, 0.2) is 28.7 Å². The third-order valence-corrected chi connectivity index (χ3v) is 5.85. The molecule has 6 heteroatoms. The minimum atomic E-state index is -0.0274. The maximum Gasteiger partial charge on any atom is 0.0697 e. The van der Waals surface area contributed by atoms with Crippen molar-refractivity contribution in [1.82, 2.24) is 10.2 Å². The Morgan fingerprint density at radius 1 is 1.39 bits per heavy atom. The number of nitrogens with one attached hydrogen (secondary N) is 1. The molecular weight excluding hydrogens is 349 g/mol. The highest BCUT2D eigenvalue weighted by molar-refractivity contribution is 8.03. The van der Waals surface area contributed by atoms with E-state index in [0.717, 1.165) is 37.5 Å². The van der Waals surface area contributed by atoms with Crippen LogP contribution in [0.3, 0.4) is 0 Å². The number of hydrogen-bond acceptors (Lipinski definition) is 4. The van der Waals surface area contributed by atoms with Crippen molar-refractivity contribution in [1.29, 1.82) is 5.26 Å². The van der Waals surface area contributed by atoms with E-state index in [2.05, 4.69) is 16.3 Å². The fourth-order valence-corrected chi connectivity index (χ4v) is 4.25. The van der Waals surface area contributed by atoms with Crippen LogP contribution in [0.1, 0.15) is 18.9 Å². The molecule has 0 bridgehead atoms. The molecule has 0 amide bonds. The molecule has 1 aromatic rings. The van der Waals surface area contributed by atoms with Gasteiger partial charge < -0.3 is 5.32 Å². The summed E-state index contributed by atoms with van der Waals surface area (Å²) < 4.78 is 0. The normalized spacial score (nSPS) is 17.2. The lowest BCUT2D eigenvalue weighted by atomic mass is 9.96. The summed E-state index contributed by atoms with van der Waals surface area (Å²) in [5, 5.41) is 13.8. The van der Waals surface area contributed by atoms with Gasteiger partial charge in [-0.2, -0.15) is 5.26 Å². The van der Waals surface area contributed by atoms with E-state index in [-0.39, 0.29) is 5.92 Å². The highest BCUT2D eigenvalue weighted by Crippen LogP contribution is 2.33. The molecule has 1 N–H and O–H groups in total. The van der Waals surface area contributed by atoms with Gasteiger partial charge in [0, 0.05) is 46.0 Å². The van der Waals surface area contributed by atoms with Crippen molar-refractivity contribution >= 4 is 35.0 Å². The Bertz CT molecular complexity index is 605. The number of thioether (sulfide) groups is 1. The second-order valence-corrected chi connectivity index (χ2v) is 7.49. The van der Waals surface area contributed by atoms with Gasteiger partial charge in [0.25, 0.3) is 0 Å². The fraction of sp³-hybridized carbons (Fsp3) is 0.471.